The molecule has 0 aliphatic rings. The summed E-state index contributed by atoms with van der Waals surface area (Å²) in [6.45, 7) is 3.84. The van der Waals surface area contributed by atoms with E-state index in [-0.39, 0.29) is 12.2 Å². The van der Waals surface area contributed by atoms with Crippen LogP contribution in [0.2, 0.25) is 10.0 Å². The summed E-state index contributed by atoms with van der Waals surface area (Å²) < 4.78 is 17.3. The lowest BCUT2D eigenvalue weighted by atomic mass is 10.2. The second-order valence-corrected chi connectivity index (χ2v) is 7.05. The first-order chi connectivity index (χ1) is 13.4. The van der Waals surface area contributed by atoms with Crippen LogP contribution in [0, 0.1) is 19.7 Å². The molecule has 0 N–H and O–H groups in total. The maximum absolute atomic E-state index is 14.3. The summed E-state index contributed by atoms with van der Waals surface area (Å²) in [7, 11) is 0. The number of rotatable bonds is 4. The van der Waals surface area contributed by atoms with Gasteiger partial charge in [0.1, 0.15) is 23.9 Å². The average molecular weight is 418 g/mol. The van der Waals surface area contributed by atoms with Crippen molar-refractivity contribution in [3.8, 4) is 17.1 Å². The number of benzene rings is 2. The fraction of sp³-hybridized carbons (Fsp3) is 0.167. The van der Waals surface area contributed by atoms with Crippen molar-refractivity contribution in [2.45, 2.75) is 20.4 Å². The van der Waals surface area contributed by atoms with Crippen LogP contribution in [0.15, 0.2) is 36.4 Å². The smallest absolute Gasteiger partial charge is 0.178 e. The van der Waals surface area contributed by atoms with Crippen LogP contribution in [0.3, 0.4) is 0 Å². The van der Waals surface area contributed by atoms with Gasteiger partial charge in [-0.3, -0.25) is 0 Å². The quantitative estimate of drug-likeness (QED) is 0.500. The summed E-state index contributed by atoms with van der Waals surface area (Å²) in [5, 5.41) is 16.9. The number of tetrazole rings is 1. The Bertz CT molecular complexity index is 1170. The summed E-state index contributed by atoms with van der Waals surface area (Å²) in [6, 6.07) is 9.97. The molecule has 0 bridgehead atoms. The first-order valence-electron chi connectivity index (χ1n) is 8.33. The van der Waals surface area contributed by atoms with Crippen LogP contribution in [0.25, 0.3) is 17.1 Å². The molecule has 2 aromatic carbocycles. The van der Waals surface area contributed by atoms with Crippen LogP contribution in [0.1, 0.15) is 17.2 Å². The van der Waals surface area contributed by atoms with Gasteiger partial charge >= 0.3 is 0 Å². The Morgan fingerprint density at radius 1 is 1.04 bits per heavy atom. The van der Waals surface area contributed by atoms with Crippen molar-refractivity contribution in [3.63, 3.8) is 0 Å². The molecule has 10 heteroatoms. The molecule has 4 aromatic rings. The highest BCUT2D eigenvalue weighted by molar-refractivity contribution is 6.42. The zero-order chi connectivity index (χ0) is 19.8. The standard InChI is InChI=1S/C18H14Cl2FN7/c1-10-3-6-15(21)16(7-10)28-17(23-25-26-28)9-27-18(22-11(2)24-27)12-4-5-13(19)14(20)8-12/h3-8H,9H2,1-2H3. The highest BCUT2D eigenvalue weighted by Crippen LogP contribution is 2.28. The highest BCUT2D eigenvalue weighted by Gasteiger charge is 2.17. The number of nitrogens with zero attached hydrogens (tertiary/aromatic N) is 7. The van der Waals surface area contributed by atoms with Gasteiger partial charge in [0.05, 0.1) is 10.0 Å². The van der Waals surface area contributed by atoms with E-state index in [2.05, 4.69) is 25.6 Å². The minimum absolute atomic E-state index is 0.191. The Labute approximate surface area is 169 Å². The maximum Gasteiger partial charge on any atom is 0.178 e. The van der Waals surface area contributed by atoms with Gasteiger partial charge in [-0.25, -0.2) is 14.1 Å². The van der Waals surface area contributed by atoms with Crippen LogP contribution in [-0.2, 0) is 6.54 Å². The molecule has 0 aliphatic heterocycles. The van der Waals surface area contributed by atoms with Crippen LogP contribution in [0.5, 0.6) is 0 Å². The molecule has 0 amide bonds. The first-order valence-corrected chi connectivity index (χ1v) is 9.08. The van der Waals surface area contributed by atoms with Crippen LogP contribution in [0.4, 0.5) is 4.39 Å². The largest absolute Gasteiger partial charge is 0.238 e. The third kappa shape index (κ3) is 3.48. The molecule has 0 aliphatic carbocycles. The molecule has 0 saturated heterocycles. The molecule has 142 valence electrons. The van der Waals surface area contributed by atoms with Gasteiger partial charge in [0, 0.05) is 5.56 Å². The van der Waals surface area contributed by atoms with Gasteiger partial charge in [0.15, 0.2) is 11.6 Å². The number of hydrogen-bond donors (Lipinski definition) is 0. The zero-order valence-corrected chi connectivity index (χ0v) is 16.4. The molecule has 28 heavy (non-hydrogen) atoms. The average Bonchev–Trinajstić information content (AvgIpc) is 3.26. The Morgan fingerprint density at radius 2 is 1.86 bits per heavy atom. The first kappa shape index (κ1) is 18.5. The van der Waals surface area contributed by atoms with Crippen LogP contribution >= 0.6 is 23.2 Å². The maximum atomic E-state index is 14.3. The summed E-state index contributed by atoms with van der Waals surface area (Å²) in [6.07, 6.45) is 0. The Morgan fingerprint density at radius 3 is 2.64 bits per heavy atom. The summed E-state index contributed by atoms with van der Waals surface area (Å²) in [5.41, 5.74) is 1.91. The van der Waals surface area contributed by atoms with Gasteiger partial charge in [0.2, 0.25) is 0 Å². The van der Waals surface area contributed by atoms with Crippen LogP contribution < -0.4 is 0 Å². The molecular weight excluding hydrogens is 404 g/mol. The molecule has 0 saturated carbocycles. The molecule has 0 fully saturated rings. The van der Waals surface area contributed by atoms with E-state index in [1.807, 2.05) is 6.92 Å². The number of halogens is 3. The van der Waals surface area contributed by atoms with Crippen molar-refractivity contribution >= 4 is 23.2 Å². The predicted molar refractivity (Wildman–Crippen MR) is 103 cm³/mol. The zero-order valence-electron chi connectivity index (χ0n) is 14.9. The third-order valence-corrected chi connectivity index (χ3v) is 4.85. The predicted octanol–water partition coefficient (Wildman–Crippen LogP) is 4.03. The van der Waals surface area contributed by atoms with E-state index in [9.17, 15) is 4.39 Å². The van der Waals surface area contributed by atoms with Crippen molar-refractivity contribution < 1.29 is 4.39 Å². The fourth-order valence-electron chi connectivity index (χ4n) is 2.82. The van der Waals surface area contributed by atoms with Gasteiger partial charge in [-0.05, 0) is 60.2 Å². The third-order valence-electron chi connectivity index (χ3n) is 4.11. The van der Waals surface area contributed by atoms with Crippen molar-refractivity contribution in [2.24, 2.45) is 0 Å². The number of aryl methyl sites for hydroxylation is 2. The molecule has 2 aromatic heterocycles. The van der Waals surface area contributed by atoms with E-state index in [0.29, 0.717) is 27.5 Å². The minimum atomic E-state index is -0.418. The Kier molecular flexibility index (Phi) is 4.82. The van der Waals surface area contributed by atoms with Crippen molar-refractivity contribution in [3.05, 3.63) is 69.5 Å². The van der Waals surface area contributed by atoms with E-state index in [1.165, 1.54) is 10.7 Å². The summed E-state index contributed by atoms with van der Waals surface area (Å²) in [5.74, 6) is 1.14. The van der Waals surface area contributed by atoms with Crippen molar-refractivity contribution in [2.75, 3.05) is 0 Å². The Hall–Kier alpha value is -2.84. The van der Waals surface area contributed by atoms with E-state index >= 15 is 0 Å². The molecule has 4 rings (SSSR count). The molecule has 0 unspecified atom stereocenters. The van der Waals surface area contributed by atoms with Crippen molar-refractivity contribution in [1.82, 2.24) is 35.0 Å². The summed E-state index contributed by atoms with van der Waals surface area (Å²) in [4.78, 5) is 4.46. The lowest BCUT2D eigenvalue weighted by molar-refractivity contribution is 0.589. The van der Waals surface area contributed by atoms with Gasteiger partial charge in [-0.15, -0.1) is 5.10 Å². The van der Waals surface area contributed by atoms with Gasteiger partial charge < -0.3 is 0 Å². The van der Waals surface area contributed by atoms with E-state index in [4.69, 9.17) is 23.2 Å². The summed E-state index contributed by atoms with van der Waals surface area (Å²) >= 11 is 12.1. The molecule has 2 heterocycles. The minimum Gasteiger partial charge on any atom is -0.238 e. The van der Waals surface area contributed by atoms with Gasteiger partial charge in [0.25, 0.3) is 0 Å². The fourth-order valence-corrected chi connectivity index (χ4v) is 3.12. The lowest BCUT2D eigenvalue weighted by Gasteiger charge is -2.09. The normalized spacial score (nSPS) is 11.2. The second-order valence-electron chi connectivity index (χ2n) is 6.23. The van der Waals surface area contributed by atoms with Crippen LogP contribution in [-0.4, -0.2) is 35.0 Å². The van der Waals surface area contributed by atoms with E-state index in [1.54, 1.807) is 41.9 Å². The molecular formula is C18H14Cl2FN7. The Balaban J connectivity index is 1.75. The second kappa shape index (κ2) is 7.29. The van der Waals surface area contributed by atoms with E-state index < -0.39 is 5.82 Å². The lowest BCUT2D eigenvalue weighted by Crippen LogP contribution is -2.12. The van der Waals surface area contributed by atoms with Gasteiger partial charge in [-0.1, -0.05) is 29.3 Å². The highest BCUT2D eigenvalue weighted by atomic mass is 35.5. The SMILES string of the molecule is Cc1ccc(F)c(-n2nnnc2Cn2nc(C)nc2-c2ccc(Cl)c(Cl)c2)c1. The van der Waals surface area contributed by atoms with Crippen molar-refractivity contribution in [1.29, 1.82) is 0 Å². The topological polar surface area (TPSA) is 74.3 Å². The molecule has 0 spiro atoms. The van der Waals surface area contributed by atoms with Gasteiger partial charge in [-0.2, -0.15) is 9.78 Å². The number of hydrogen-bond acceptors (Lipinski definition) is 5. The molecule has 7 nitrogen and oxygen atoms in total. The number of aromatic nitrogens is 7. The van der Waals surface area contributed by atoms with E-state index in [0.717, 1.165) is 11.1 Å². The monoisotopic (exact) mass is 417 g/mol. The molecule has 0 radical (unpaired) electrons. The molecule has 0 atom stereocenters.